The number of nitrogens with zero attached hydrogens (tertiary/aromatic N) is 1. The van der Waals surface area contributed by atoms with E-state index in [1.54, 1.807) is 19.2 Å². The average molecular weight is 428 g/mol. The smallest absolute Gasteiger partial charge is 0.414 e. The molecule has 3 N–H and O–H groups in total. The molecule has 0 fully saturated rings. The van der Waals surface area contributed by atoms with Gasteiger partial charge in [0.05, 0.1) is 0 Å². The molecule has 0 aliphatic heterocycles. The van der Waals surface area contributed by atoms with Crippen LogP contribution in [0.1, 0.15) is 44.7 Å². The molecule has 0 aliphatic carbocycles. The van der Waals surface area contributed by atoms with Gasteiger partial charge in [-0.1, -0.05) is 38.8 Å². The Kier molecular flexibility index (Phi) is 10.2. The fraction of sp³-hybridized carbons (Fsp3) is 0.480. The molecule has 170 valence electrons. The van der Waals surface area contributed by atoms with Gasteiger partial charge in [0.15, 0.2) is 0 Å². The second-order valence-electron chi connectivity index (χ2n) is 7.86. The van der Waals surface area contributed by atoms with E-state index in [-0.39, 0.29) is 6.09 Å². The Hall–Kier alpha value is -2.73. The zero-order valence-electron chi connectivity index (χ0n) is 19.3. The number of anilines is 1. The molecule has 0 saturated heterocycles. The molecule has 6 nitrogen and oxygen atoms in total. The van der Waals surface area contributed by atoms with Gasteiger partial charge in [-0.2, -0.15) is 0 Å². The lowest BCUT2D eigenvalue weighted by molar-refractivity contribution is 0.165. The van der Waals surface area contributed by atoms with Gasteiger partial charge in [0.1, 0.15) is 11.5 Å². The van der Waals surface area contributed by atoms with Gasteiger partial charge < -0.3 is 25.4 Å². The van der Waals surface area contributed by atoms with Gasteiger partial charge in [0.25, 0.3) is 0 Å². The van der Waals surface area contributed by atoms with Crippen LogP contribution in [0, 0.1) is 5.92 Å². The summed E-state index contributed by atoms with van der Waals surface area (Å²) < 4.78 is 5.39. The predicted molar refractivity (Wildman–Crippen MR) is 127 cm³/mol. The maximum absolute atomic E-state index is 11.9. The van der Waals surface area contributed by atoms with Crippen LogP contribution in [0.2, 0.25) is 0 Å². The fourth-order valence-electron chi connectivity index (χ4n) is 3.20. The van der Waals surface area contributed by atoms with Gasteiger partial charge in [0, 0.05) is 37.9 Å². The number of phenols is 1. The summed E-state index contributed by atoms with van der Waals surface area (Å²) in [7, 11) is 1.71. The summed E-state index contributed by atoms with van der Waals surface area (Å²) >= 11 is 0. The Balaban J connectivity index is 1.84. The molecular formula is C25H37N3O3. The predicted octanol–water partition coefficient (Wildman–Crippen LogP) is 5.02. The number of aromatic hydroxyl groups is 1. The van der Waals surface area contributed by atoms with Crippen molar-refractivity contribution in [2.45, 2.75) is 46.6 Å². The number of hydrogen-bond donors (Lipinski definition) is 3. The van der Waals surface area contributed by atoms with E-state index in [9.17, 15) is 9.90 Å². The van der Waals surface area contributed by atoms with Gasteiger partial charge in [-0.05, 0) is 61.7 Å². The molecule has 2 rings (SSSR count). The second-order valence-corrected chi connectivity index (χ2v) is 7.86. The SMILES string of the molecule is CCC(CC)CNc1ccc(O)c(CNCCc2cccc(OC(=O)N(C)CC)c2)c1. The molecule has 0 saturated carbocycles. The van der Waals surface area contributed by atoms with Crippen molar-refractivity contribution < 1.29 is 14.6 Å². The van der Waals surface area contributed by atoms with Gasteiger partial charge >= 0.3 is 6.09 Å². The molecule has 0 aromatic heterocycles. The molecule has 0 radical (unpaired) electrons. The third-order valence-corrected chi connectivity index (χ3v) is 5.62. The fourth-order valence-corrected chi connectivity index (χ4v) is 3.20. The summed E-state index contributed by atoms with van der Waals surface area (Å²) in [6.07, 6.45) is 2.76. The minimum atomic E-state index is -0.356. The average Bonchev–Trinajstić information content (AvgIpc) is 2.78. The topological polar surface area (TPSA) is 73.8 Å². The van der Waals surface area contributed by atoms with Gasteiger partial charge in [-0.25, -0.2) is 4.79 Å². The number of ether oxygens (including phenoxy) is 1. The maximum atomic E-state index is 11.9. The first-order chi connectivity index (χ1) is 15.0. The van der Waals surface area contributed by atoms with Crippen LogP contribution in [0.3, 0.4) is 0 Å². The summed E-state index contributed by atoms with van der Waals surface area (Å²) in [5.41, 5.74) is 3.00. The first-order valence-electron chi connectivity index (χ1n) is 11.2. The van der Waals surface area contributed by atoms with E-state index >= 15 is 0 Å². The van der Waals surface area contributed by atoms with E-state index in [0.717, 1.165) is 49.2 Å². The number of carbonyl (C=O) groups excluding carboxylic acids is 1. The van der Waals surface area contributed by atoms with Crippen LogP contribution in [0.25, 0.3) is 0 Å². The van der Waals surface area contributed by atoms with Crippen molar-refractivity contribution in [1.29, 1.82) is 0 Å². The lowest BCUT2D eigenvalue weighted by Gasteiger charge is -2.16. The quantitative estimate of drug-likeness (QED) is 0.327. The Morgan fingerprint density at radius 2 is 1.90 bits per heavy atom. The van der Waals surface area contributed by atoms with Crippen molar-refractivity contribution >= 4 is 11.8 Å². The lowest BCUT2D eigenvalue weighted by Crippen LogP contribution is -2.29. The molecule has 0 heterocycles. The van der Waals surface area contributed by atoms with E-state index in [1.807, 2.05) is 37.3 Å². The van der Waals surface area contributed by atoms with Crippen molar-refractivity contribution in [2.24, 2.45) is 5.92 Å². The number of phenolic OH excluding ortho intramolecular Hbond substituents is 1. The third-order valence-electron chi connectivity index (χ3n) is 5.62. The van der Waals surface area contributed by atoms with Gasteiger partial charge in [0.2, 0.25) is 0 Å². The van der Waals surface area contributed by atoms with Crippen LogP contribution >= 0.6 is 0 Å². The number of hydrogen-bond acceptors (Lipinski definition) is 5. The van der Waals surface area contributed by atoms with Crippen LogP contribution < -0.4 is 15.4 Å². The van der Waals surface area contributed by atoms with Crippen LogP contribution in [-0.4, -0.2) is 42.8 Å². The highest BCUT2D eigenvalue weighted by atomic mass is 16.6. The van der Waals surface area contributed by atoms with Crippen molar-refractivity contribution in [3.63, 3.8) is 0 Å². The van der Waals surface area contributed by atoms with E-state index in [0.29, 0.717) is 30.5 Å². The molecule has 0 aliphatic rings. The first kappa shape index (κ1) is 24.5. The molecule has 6 heteroatoms. The monoisotopic (exact) mass is 427 g/mol. The van der Waals surface area contributed by atoms with E-state index in [4.69, 9.17) is 4.74 Å². The van der Waals surface area contributed by atoms with E-state index < -0.39 is 0 Å². The van der Waals surface area contributed by atoms with Crippen molar-refractivity contribution in [2.75, 3.05) is 32.0 Å². The Morgan fingerprint density at radius 3 is 2.61 bits per heavy atom. The maximum Gasteiger partial charge on any atom is 0.414 e. The molecule has 2 aromatic carbocycles. The van der Waals surface area contributed by atoms with Crippen molar-refractivity contribution in [1.82, 2.24) is 10.2 Å². The molecule has 0 unspecified atom stereocenters. The van der Waals surface area contributed by atoms with Crippen molar-refractivity contribution in [3.8, 4) is 11.5 Å². The van der Waals surface area contributed by atoms with Crippen LogP contribution in [0.4, 0.5) is 10.5 Å². The zero-order valence-corrected chi connectivity index (χ0v) is 19.3. The number of rotatable bonds is 12. The largest absolute Gasteiger partial charge is 0.508 e. The van der Waals surface area contributed by atoms with E-state index in [1.165, 1.54) is 4.90 Å². The molecule has 0 spiro atoms. The minimum absolute atomic E-state index is 0.300. The highest BCUT2D eigenvalue weighted by Gasteiger charge is 2.09. The molecule has 1 amide bonds. The highest BCUT2D eigenvalue weighted by Crippen LogP contribution is 2.22. The summed E-state index contributed by atoms with van der Waals surface area (Å²) in [6.45, 7) is 9.21. The van der Waals surface area contributed by atoms with Crippen LogP contribution in [0.15, 0.2) is 42.5 Å². The number of benzene rings is 2. The van der Waals surface area contributed by atoms with Gasteiger partial charge in [-0.15, -0.1) is 0 Å². The normalized spacial score (nSPS) is 10.9. The Morgan fingerprint density at radius 1 is 1.13 bits per heavy atom. The van der Waals surface area contributed by atoms with Crippen LogP contribution in [0.5, 0.6) is 11.5 Å². The lowest BCUT2D eigenvalue weighted by atomic mass is 10.0. The molecule has 0 atom stereocenters. The summed E-state index contributed by atoms with van der Waals surface area (Å²) in [5.74, 6) is 1.51. The van der Waals surface area contributed by atoms with Gasteiger partial charge in [-0.3, -0.25) is 0 Å². The Bertz CT molecular complexity index is 821. The molecule has 2 aromatic rings. The highest BCUT2D eigenvalue weighted by molar-refractivity contribution is 5.70. The molecular weight excluding hydrogens is 390 g/mol. The molecule has 31 heavy (non-hydrogen) atoms. The summed E-state index contributed by atoms with van der Waals surface area (Å²) in [5, 5.41) is 17.1. The zero-order chi connectivity index (χ0) is 22.6. The third kappa shape index (κ3) is 8.13. The Labute approximate surface area is 186 Å². The molecule has 0 bridgehead atoms. The van der Waals surface area contributed by atoms with E-state index in [2.05, 4.69) is 24.5 Å². The summed E-state index contributed by atoms with van der Waals surface area (Å²) in [4.78, 5) is 13.4. The second kappa shape index (κ2) is 12.8. The minimum Gasteiger partial charge on any atom is -0.508 e. The van der Waals surface area contributed by atoms with Crippen LogP contribution in [-0.2, 0) is 13.0 Å². The number of nitrogens with one attached hydrogen (secondary N) is 2. The number of amides is 1. The standard InChI is InChI=1S/C25H37N3O3/c1-5-19(6-2)17-27-22-11-12-24(29)21(16-22)18-26-14-13-20-9-8-10-23(15-20)31-25(30)28(4)7-3/h8-12,15-16,19,26-27,29H,5-7,13-14,17-18H2,1-4H3. The number of carbonyl (C=O) groups is 1. The first-order valence-corrected chi connectivity index (χ1v) is 11.2. The summed E-state index contributed by atoms with van der Waals surface area (Å²) in [6, 6.07) is 13.3. The van der Waals surface area contributed by atoms with Crippen molar-refractivity contribution in [3.05, 3.63) is 53.6 Å².